The van der Waals surface area contributed by atoms with Crippen LogP contribution in [0.2, 0.25) is 0 Å². The van der Waals surface area contributed by atoms with Crippen LogP contribution in [0.3, 0.4) is 0 Å². The molecule has 5 rings (SSSR count). The van der Waals surface area contributed by atoms with Gasteiger partial charge < -0.3 is 4.42 Å². The van der Waals surface area contributed by atoms with Crippen molar-refractivity contribution in [3.8, 4) is 11.6 Å². The third kappa shape index (κ3) is 3.25. The molecule has 31 heavy (non-hydrogen) atoms. The summed E-state index contributed by atoms with van der Waals surface area (Å²) in [5.74, 6) is 1.42. The zero-order valence-corrected chi connectivity index (χ0v) is 17.7. The van der Waals surface area contributed by atoms with E-state index in [-0.39, 0.29) is 5.65 Å². The molecule has 0 radical (unpaired) electrons. The number of thioether (sulfide) groups is 1. The number of hydrogen-bond acceptors (Lipinski definition) is 6. The van der Waals surface area contributed by atoms with Crippen molar-refractivity contribution in [1.29, 1.82) is 0 Å². The number of rotatable bonds is 4. The minimum atomic E-state index is -0.438. The SMILES string of the molecule is Cn1c(=O)c2c(SCc3cccc4ccccc34)nc(-c3ccco3)nc2n(C)c1=O. The van der Waals surface area contributed by atoms with Crippen molar-refractivity contribution in [2.24, 2.45) is 14.1 Å². The Balaban J connectivity index is 1.69. The summed E-state index contributed by atoms with van der Waals surface area (Å²) in [4.78, 5) is 34.6. The number of hydrogen-bond donors (Lipinski definition) is 0. The number of aromatic nitrogens is 4. The number of benzene rings is 2. The Kier molecular flexibility index (Phi) is 4.71. The monoisotopic (exact) mass is 430 g/mol. The van der Waals surface area contributed by atoms with E-state index in [1.807, 2.05) is 18.2 Å². The molecule has 0 spiro atoms. The van der Waals surface area contributed by atoms with Crippen LogP contribution in [0.25, 0.3) is 33.4 Å². The molecule has 3 heterocycles. The maximum atomic E-state index is 13.0. The highest BCUT2D eigenvalue weighted by Crippen LogP contribution is 2.30. The highest BCUT2D eigenvalue weighted by molar-refractivity contribution is 7.98. The largest absolute Gasteiger partial charge is 0.461 e. The van der Waals surface area contributed by atoms with E-state index in [1.54, 1.807) is 19.2 Å². The molecular weight excluding hydrogens is 412 g/mol. The first-order chi connectivity index (χ1) is 15.0. The van der Waals surface area contributed by atoms with Gasteiger partial charge in [0.05, 0.1) is 6.26 Å². The van der Waals surface area contributed by atoms with E-state index in [0.29, 0.717) is 27.7 Å². The Morgan fingerprint density at radius 2 is 1.74 bits per heavy atom. The van der Waals surface area contributed by atoms with Gasteiger partial charge in [-0.25, -0.2) is 14.8 Å². The lowest BCUT2D eigenvalue weighted by Crippen LogP contribution is -2.37. The van der Waals surface area contributed by atoms with Crippen molar-refractivity contribution < 1.29 is 4.42 Å². The minimum Gasteiger partial charge on any atom is -0.461 e. The molecule has 0 atom stereocenters. The van der Waals surface area contributed by atoms with Gasteiger partial charge in [0.15, 0.2) is 17.2 Å². The van der Waals surface area contributed by atoms with Crippen LogP contribution in [0, 0.1) is 0 Å². The first kappa shape index (κ1) is 19.3. The second-order valence-corrected chi connectivity index (χ2v) is 8.13. The zero-order valence-electron chi connectivity index (χ0n) is 16.9. The standard InChI is InChI=1S/C23H18N4O3S/c1-26-20-18(22(28)27(2)23(26)29)21(25-19(24-20)17-11-6-12-30-17)31-13-15-9-5-8-14-7-3-4-10-16(14)15/h3-12H,13H2,1-2H3. The Bertz CT molecular complexity index is 1550. The molecule has 0 saturated heterocycles. The van der Waals surface area contributed by atoms with Crippen LogP contribution in [-0.2, 0) is 19.8 Å². The van der Waals surface area contributed by atoms with Crippen molar-refractivity contribution >= 4 is 33.6 Å². The molecule has 2 aromatic carbocycles. The van der Waals surface area contributed by atoms with Crippen LogP contribution in [0.4, 0.5) is 0 Å². The van der Waals surface area contributed by atoms with Crippen molar-refractivity contribution in [2.45, 2.75) is 10.8 Å². The topological polar surface area (TPSA) is 82.9 Å². The van der Waals surface area contributed by atoms with Gasteiger partial charge >= 0.3 is 5.69 Å². The van der Waals surface area contributed by atoms with Gasteiger partial charge in [0.1, 0.15) is 10.4 Å². The molecule has 0 aliphatic rings. The zero-order chi connectivity index (χ0) is 21.5. The van der Waals surface area contributed by atoms with Gasteiger partial charge in [-0.1, -0.05) is 42.5 Å². The molecule has 0 bridgehead atoms. The third-order valence-electron chi connectivity index (χ3n) is 5.25. The predicted octanol–water partition coefficient (Wildman–Crippen LogP) is 3.73. The van der Waals surface area contributed by atoms with E-state index in [1.165, 1.54) is 29.6 Å². The minimum absolute atomic E-state index is 0.287. The van der Waals surface area contributed by atoms with E-state index >= 15 is 0 Å². The lowest BCUT2D eigenvalue weighted by Gasteiger charge is -2.12. The second kappa shape index (κ2) is 7.55. The Labute approximate surface area is 181 Å². The summed E-state index contributed by atoms with van der Waals surface area (Å²) in [5, 5.41) is 3.15. The van der Waals surface area contributed by atoms with Crippen molar-refractivity contribution in [3.05, 3.63) is 87.3 Å². The Morgan fingerprint density at radius 3 is 2.55 bits per heavy atom. The van der Waals surface area contributed by atoms with Crippen LogP contribution in [0.5, 0.6) is 0 Å². The van der Waals surface area contributed by atoms with E-state index in [9.17, 15) is 9.59 Å². The Hall–Kier alpha value is -3.65. The molecule has 0 amide bonds. The van der Waals surface area contributed by atoms with Crippen LogP contribution >= 0.6 is 11.8 Å². The van der Waals surface area contributed by atoms with Crippen molar-refractivity contribution in [2.75, 3.05) is 0 Å². The lowest BCUT2D eigenvalue weighted by molar-refractivity contribution is 0.576. The normalized spacial score (nSPS) is 11.4. The van der Waals surface area contributed by atoms with Gasteiger partial charge in [-0.2, -0.15) is 0 Å². The molecule has 0 aliphatic heterocycles. The molecular formula is C23H18N4O3S. The fraction of sp³-hybridized carbons (Fsp3) is 0.130. The summed E-state index contributed by atoms with van der Waals surface area (Å²) >= 11 is 1.45. The van der Waals surface area contributed by atoms with Crippen LogP contribution in [-0.4, -0.2) is 19.1 Å². The summed E-state index contributed by atoms with van der Waals surface area (Å²) in [7, 11) is 3.06. The van der Waals surface area contributed by atoms with Crippen LogP contribution in [0.15, 0.2) is 79.9 Å². The smallest absolute Gasteiger partial charge is 0.332 e. The molecule has 7 nitrogen and oxygen atoms in total. The van der Waals surface area contributed by atoms with Crippen molar-refractivity contribution in [1.82, 2.24) is 19.1 Å². The second-order valence-electron chi connectivity index (χ2n) is 7.16. The highest BCUT2D eigenvalue weighted by atomic mass is 32.2. The van der Waals surface area contributed by atoms with Gasteiger partial charge in [-0.3, -0.25) is 13.9 Å². The fourth-order valence-electron chi connectivity index (χ4n) is 3.61. The van der Waals surface area contributed by atoms with E-state index in [2.05, 4.69) is 34.2 Å². The molecule has 3 aromatic heterocycles. The van der Waals surface area contributed by atoms with Crippen LogP contribution < -0.4 is 11.2 Å². The predicted molar refractivity (Wildman–Crippen MR) is 121 cm³/mol. The average Bonchev–Trinajstić information content (AvgIpc) is 3.34. The van der Waals surface area contributed by atoms with Gasteiger partial charge in [0, 0.05) is 19.8 Å². The van der Waals surface area contributed by atoms with Gasteiger partial charge in [-0.15, -0.1) is 11.8 Å². The number of aryl methyl sites for hydroxylation is 1. The fourth-order valence-corrected chi connectivity index (χ4v) is 4.63. The molecule has 5 aromatic rings. The summed E-state index contributed by atoms with van der Waals surface area (Å²) in [6.07, 6.45) is 1.54. The molecule has 0 N–H and O–H groups in total. The van der Waals surface area contributed by atoms with E-state index in [4.69, 9.17) is 4.42 Å². The third-order valence-corrected chi connectivity index (χ3v) is 6.28. The maximum absolute atomic E-state index is 13.0. The number of fused-ring (bicyclic) bond motifs is 2. The molecule has 0 fully saturated rings. The molecule has 0 unspecified atom stereocenters. The Morgan fingerprint density at radius 1 is 0.935 bits per heavy atom. The first-order valence-corrected chi connectivity index (χ1v) is 10.6. The van der Waals surface area contributed by atoms with Crippen LogP contribution in [0.1, 0.15) is 5.56 Å². The lowest BCUT2D eigenvalue weighted by atomic mass is 10.1. The van der Waals surface area contributed by atoms with E-state index < -0.39 is 11.2 Å². The highest BCUT2D eigenvalue weighted by Gasteiger charge is 2.19. The number of furan rings is 1. The summed E-state index contributed by atoms with van der Waals surface area (Å²) in [5.41, 5.74) is 0.571. The summed E-state index contributed by atoms with van der Waals surface area (Å²) in [6.45, 7) is 0. The average molecular weight is 430 g/mol. The molecule has 154 valence electrons. The summed E-state index contributed by atoms with van der Waals surface area (Å²) < 4.78 is 7.91. The van der Waals surface area contributed by atoms with Crippen molar-refractivity contribution in [3.63, 3.8) is 0 Å². The van der Waals surface area contributed by atoms with Gasteiger partial charge in [-0.05, 0) is 28.5 Å². The summed E-state index contributed by atoms with van der Waals surface area (Å²) in [6, 6.07) is 17.8. The van der Waals surface area contributed by atoms with Gasteiger partial charge in [0.25, 0.3) is 5.56 Å². The molecule has 0 saturated carbocycles. The maximum Gasteiger partial charge on any atom is 0.332 e. The van der Waals surface area contributed by atoms with E-state index in [0.717, 1.165) is 20.9 Å². The van der Waals surface area contributed by atoms with Gasteiger partial charge in [0.2, 0.25) is 0 Å². The number of nitrogens with zero attached hydrogens (tertiary/aromatic N) is 4. The quantitative estimate of drug-likeness (QED) is 0.319. The molecule has 0 aliphatic carbocycles. The first-order valence-electron chi connectivity index (χ1n) is 9.65. The molecule has 8 heteroatoms.